The Hall–Kier alpha value is -1.95. The molecular formula is C18H26N4O2. The molecular weight excluding hydrogens is 304 g/mol. The molecule has 3 rings (SSSR count). The number of amides is 2. The first kappa shape index (κ1) is 16.9. The molecule has 2 aliphatic rings. The predicted octanol–water partition coefficient (Wildman–Crippen LogP) is 1.24. The third-order valence-electron chi connectivity index (χ3n) is 5.02. The van der Waals surface area contributed by atoms with Crippen LogP contribution in [-0.4, -0.2) is 76.3 Å². The van der Waals surface area contributed by atoms with E-state index in [1.54, 1.807) is 24.5 Å². The zero-order valence-electron chi connectivity index (χ0n) is 14.5. The zero-order valence-corrected chi connectivity index (χ0v) is 14.5. The molecule has 6 nitrogen and oxygen atoms in total. The molecule has 0 unspecified atom stereocenters. The molecule has 1 atom stereocenters. The van der Waals surface area contributed by atoms with Crippen molar-refractivity contribution in [3.05, 3.63) is 30.1 Å². The number of aromatic nitrogens is 1. The molecule has 0 N–H and O–H groups in total. The van der Waals surface area contributed by atoms with Crippen molar-refractivity contribution in [1.82, 2.24) is 19.7 Å². The largest absolute Gasteiger partial charge is 0.339 e. The number of carbonyl (C=O) groups is 2. The lowest BCUT2D eigenvalue weighted by Crippen LogP contribution is -2.59. The third-order valence-corrected chi connectivity index (χ3v) is 5.02. The van der Waals surface area contributed by atoms with Crippen molar-refractivity contribution in [3.8, 4) is 0 Å². The van der Waals surface area contributed by atoms with Gasteiger partial charge in [0, 0.05) is 51.2 Å². The van der Waals surface area contributed by atoms with Crippen molar-refractivity contribution >= 4 is 11.8 Å². The van der Waals surface area contributed by atoms with E-state index in [-0.39, 0.29) is 23.9 Å². The number of nitrogens with zero attached hydrogens (tertiary/aromatic N) is 4. The molecule has 2 amide bonds. The first-order valence-electron chi connectivity index (χ1n) is 8.82. The van der Waals surface area contributed by atoms with Gasteiger partial charge in [0.05, 0.1) is 11.6 Å². The molecule has 6 heteroatoms. The lowest BCUT2D eigenvalue weighted by molar-refractivity contribution is -0.142. The van der Waals surface area contributed by atoms with Crippen molar-refractivity contribution in [2.45, 2.75) is 38.8 Å². The minimum Gasteiger partial charge on any atom is -0.339 e. The van der Waals surface area contributed by atoms with Crippen LogP contribution in [0.1, 0.15) is 37.0 Å². The summed E-state index contributed by atoms with van der Waals surface area (Å²) in [7, 11) is 0. The SMILES string of the molecule is CC(C)N1CCC[C@H](N2CCN(C(=O)c3cccnc3)CC2)C1=O. The number of carbonyl (C=O) groups excluding carboxylic acids is 2. The fourth-order valence-electron chi connectivity index (χ4n) is 3.64. The molecule has 0 spiro atoms. The molecule has 0 saturated carbocycles. The van der Waals surface area contributed by atoms with Crippen LogP contribution in [0.2, 0.25) is 0 Å². The van der Waals surface area contributed by atoms with Gasteiger partial charge in [-0.2, -0.15) is 0 Å². The molecule has 1 aromatic heterocycles. The number of hydrogen-bond donors (Lipinski definition) is 0. The minimum absolute atomic E-state index is 0.0169. The Morgan fingerprint density at radius 2 is 1.96 bits per heavy atom. The maximum Gasteiger partial charge on any atom is 0.255 e. The summed E-state index contributed by atoms with van der Waals surface area (Å²) in [4.78, 5) is 35.3. The van der Waals surface area contributed by atoms with E-state index in [1.165, 1.54) is 0 Å². The predicted molar refractivity (Wildman–Crippen MR) is 91.6 cm³/mol. The number of piperidine rings is 1. The average Bonchev–Trinajstić information content (AvgIpc) is 2.62. The van der Waals surface area contributed by atoms with Crippen LogP contribution in [0.15, 0.2) is 24.5 Å². The highest BCUT2D eigenvalue weighted by Gasteiger charge is 2.36. The molecule has 0 aliphatic carbocycles. The summed E-state index contributed by atoms with van der Waals surface area (Å²) >= 11 is 0. The fraction of sp³-hybridized carbons (Fsp3) is 0.611. The van der Waals surface area contributed by atoms with E-state index in [0.717, 1.165) is 32.5 Å². The molecule has 1 aromatic rings. The van der Waals surface area contributed by atoms with Crippen LogP contribution in [0.4, 0.5) is 0 Å². The van der Waals surface area contributed by atoms with Crippen LogP contribution in [0.3, 0.4) is 0 Å². The Balaban J connectivity index is 1.59. The van der Waals surface area contributed by atoms with Crippen molar-refractivity contribution in [1.29, 1.82) is 0 Å². The van der Waals surface area contributed by atoms with E-state index >= 15 is 0 Å². The van der Waals surface area contributed by atoms with Crippen molar-refractivity contribution in [2.24, 2.45) is 0 Å². The summed E-state index contributed by atoms with van der Waals surface area (Å²) in [5.74, 6) is 0.282. The maximum absolute atomic E-state index is 12.7. The Morgan fingerprint density at radius 3 is 2.58 bits per heavy atom. The zero-order chi connectivity index (χ0) is 17.1. The second-order valence-corrected chi connectivity index (χ2v) is 6.85. The standard InChI is InChI=1S/C18H26N4O2/c1-14(2)22-8-4-6-16(18(22)24)20-9-11-21(12-10-20)17(23)15-5-3-7-19-13-15/h3,5,7,13-14,16H,4,6,8-12H2,1-2H3/t16-/m0/s1. The highest BCUT2D eigenvalue weighted by atomic mass is 16.2. The highest BCUT2D eigenvalue weighted by molar-refractivity contribution is 5.94. The molecule has 2 fully saturated rings. The number of likely N-dealkylation sites (tertiary alicyclic amines) is 1. The Labute approximate surface area is 143 Å². The van der Waals surface area contributed by atoms with Crippen molar-refractivity contribution < 1.29 is 9.59 Å². The molecule has 130 valence electrons. The Bertz CT molecular complexity index is 582. The van der Waals surface area contributed by atoms with Gasteiger partial charge in [-0.3, -0.25) is 19.5 Å². The van der Waals surface area contributed by atoms with Crippen LogP contribution in [0, 0.1) is 0 Å². The molecule has 2 saturated heterocycles. The second-order valence-electron chi connectivity index (χ2n) is 6.85. The van der Waals surface area contributed by atoms with Crippen LogP contribution in [0.5, 0.6) is 0 Å². The number of piperazine rings is 1. The Kier molecular flexibility index (Phi) is 5.14. The lowest BCUT2D eigenvalue weighted by atomic mass is 10.0. The summed E-state index contributed by atoms with van der Waals surface area (Å²) in [6, 6.07) is 3.82. The van der Waals surface area contributed by atoms with Gasteiger partial charge in [-0.05, 0) is 38.8 Å². The normalized spacial score (nSPS) is 23.0. The van der Waals surface area contributed by atoms with E-state index in [9.17, 15) is 9.59 Å². The summed E-state index contributed by atoms with van der Waals surface area (Å²) in [6.07, 6.45) is 5.27. The number of pyridine rings is 1. The van der Waals surface area contributed by atoms with E-state index in [2.05, 4.69) is 23.7 Å². The van der Waals surface area contributed by atoms with Crippen LogP contribution in [-0.2, 0) is 4.79 Å². The maximum atomic E-state index is 12.7. The van der Waals surface area contributed by atoms with Crippen molar-refractivity contribution in [3.63, 3.8) is 0 Å². The van der Waals surface area contributed by atoms with Crippen molar-refractivity contribution in [2.75, 3.05) is 32.7 Å². The number of rotatable bonds is 3. The minimum atomic E-state index is -0.0169. The van der Waals surface area contributed by atoms with Gasteiger partial charge < -0.3 is 9.80 Å². The van der Waals surface area contributed by atoms with Gasteiger partial charge in [0.25, 0.3) is 5.91 Å². The van der Waals surface area contributed by atoms with E-state index in [1.807, 2.05) is 9.80 Å². The molecule has 24 heavy (non-hydrogen) atoms. The molecule has 3 heterocycles. The van der Waals surface area contributed by atoms with Gasteiger partial charge in [-0.25, -0.2) is 0 Å². The summed E-state index contributed by atoms with van der Waals surface area (Å²) < 4.78 is 0. The second kappa shape index (κ2) is 7.30. The van der Waals surface area contributed by atoms with Gasteiger partial charge >= 0.3 is 0 Å². The molecule has 0 aromatic carbocycles. The lowest BCUT2D eigenvalue weighted by Gasteiger charge is -2.43. The van der Waals surface area contributed by atoms with Crippen LogP contribution < -0.4 is 0 Å². The van der Waals surface area contributed by atoms with E-state index in [4.69, 9.17) is 0 Å². The summed E-state index contributed by atoms with van der Waals surface area (Å²) in [5, 5.41) is 0. The van der Waals surface area contributed by atoms with Gasteiger partial charge in [-0.15, -0.1) is 0 Å². The average molecular weight is 330 g/mol. The third kappa shape index (κ3) is 3.43. The van der Waals surface area contributed by atoms with Gasteiger partial charge in [0.15, 0.2) is 0 Å². The van der Waals surface area contributed by atoms with Crippen LogP contribution >= 0.6 is 0 Å². The molecule has 0 bridgehead atoms. The first-order valence-corrected chi connectivity index (χ1v) is 8.82. The van der Waals surface area contributed by atoms with Crippen LogP contribution in [0.25, 0.3) is 0 Å². The summed E-state index contributed by atoms with van der Waals surface area (Å²) in [5.41, 5.74) is 0.630. The molecule has 2 aliphatic heterocycles. The first-order chi connectivity index (χ1) is 11.6. The quantitative estimate of drug-likeness (QED) is 0.837. The fourth-order valence-corrected chi connectivity index (χ4v) is 3.64. The summed E-state index contributed by atoms with van der Waals surface area (Å²) in [6.45, 7) is 7.86. The number of hydrogen-bond acceptors (Lipinski definition) is 4. The van der Waals surface area contributed by atoms with Gasteiger partial charge in [-0.1, -0.05) is 0 Å². The monoisotopic (exact) mass is 330 g/mol. The topological polar surface area (TPSA) is 56.8 Å². The smallest absolute Gasteiger partial charge is 0.255 e. The van der Waals surface area contributed by atoms with E-state index < -0.39 is 0 Å². The van der Waals surface area contributed by atoms with Gasteiger partial charge in [0.1, 0.15) is 0 Å². The Morgan fingerprint density at radius 1 is 1.21 bits per heavy atom. The van der Waals surface area contributed by atoms with Gasteiger partial charge in [0.2, 0.25) is 5.91 Å². The van der Waals surface area contributed by atoms with E-state index in [0.29, 0.717) is 18.7 Å². The highest BCUT2D eigenvalue weighted by Crippen LogP contribution is 2.21. The molecule has 0 radical (unpaired) electrons.